The molecular formula is C19H12Cl2F4N4O2. The predicted octanol–water partition coefficient (Wildman–Crippen LogP) is 4.30. The van der Waals surface area contributed by atoms with Crippen LogP contribution in [-0.4, -0.2) is 32.7 Å². The normalized spacial score (nSPS) is 15.2. The highest BCUT2D eigenvalue weighted by Crippen LogP contribution is 2.40. The minimum absolute atomic E-state index is 0.00181. The van der Waals surface area contributed by atoms with E-state index in [-0.39, 0.29) is 27.0 Å². The number of halogens is 6. The maximum absolute atomic E-state index is 13.4. The molecule has 1 aliphatic carbocycles. The van der Waals surface area contributed by atoms with E-state index in [9.17, 15) is 27.2 Å². The van der Waals surface area contributed by atoms with E-state index >= 15 is 0 Å². The first kappa shape index (κ1) is 21.5. The van der Waals surface area contributed by atoms with Crippen molar-refractivity contribution in [3.8, 4) is 5.82 Å². The van der Waals surface area contributed by atoms with E-state index in [1.165, 1.54) is 12.1 Å². The number of hydrogen-bond acceptors (Lipinski definition) is 4. The summed E-state index contributed by atoms with van der Waals surface area (Å²) in [6.07, 6.45) is -2.20. The maximum Gasteiger partial charge on any atom is 0.408 e. The van der Waals surface area contributed by atoms with Gasteiger partial charge in [-0.25, -0.2) is 14.4 Å². The summed E-state index contributed by atoms with van der Waals surface area (Å²) in [6.45, 7) is 0. The first-order chi connectivity index (χ1) is 14.6. The lowest BCUT2D eigenvalue weighted by atomic mass is 10.1. The number of rotatable bonds is 4. The van der Waals surface area contributed by atoms with Crippen LogP contribution >= 0.6 is 23.2 Å². The van der Waals surface area contributed by atoms with Crippen molar-refractivity contribution < 1.29 is 22.4 Å². The Labute approximate surface area is 181 Å². The zero-order valence-corrected chi connectivity index (χ0v) is 16.9. The Kier molecular flexibility index (Phi) is 5.38. The molecule has 0 bridgehead atoms. The molecule has 31 heavy (non-hydrogen) atoms. The van der Waals surface area contributed by atoms with Crippen molar-refractivity contribution in [1.82, 2.24) is 19.9 Å². The molecular weight excluding hydrogens is 463 g/mol. The van der Waals surface area contributed by atoms with Gasteiger partial charge in [-0.1, -0.05) is 23.2 Å². The number of alkyl halides is 3. The molecule has 0 spiro atoms. The van der Waals surface area contributed by atoms with Crippen LogP contribution in [-0.2, 0) is 0 Å². The average molecular weight is 475 g/mol. The van der Waals surface area contributed by atoms with E-state index in [1.807, 2.05) is 5.32 Å². The summed E-state index contributed by atoms with van der Waals surface area (Å²) >= 11 is 12.0. The molecule has 0 radical (unpaired) electrons. The number of fused-ring (bicyclic) bond motifs is 1. The van der Waals surface area contributed by atoms with Crippen molar-refractivity contribution in [3.05, 3.63) is 62.4 Å². The van der Waals surface area contributed by atoms with Gasteiger partial charge in [-0.3, -0.25) is 14.2 Å². The predicted molar refractivity (Wildman–Crippen MR) is 105 cm³/mol. The standard InChI is InChI=1S/C19H12Cl2F4N4O2/c20-12-5-9(22)6-26-17(12)29-7-11(14(30)10-3-4-13(21)27-16(10)29)18(31)28-15(8-1-2-8)19(23,24)25/h3-8,15H,1-2H2,(H,28,31)/t15-/m1/s1. The van der Waals surface area contributed by atoms with Crippen LogP contribution < -0.4 is 10.7 Å². The molecule has 3 heterocycles. The number of pyridine rings is 3. The van der Waals surface area contributed by atoms with Gasteiger partial charge >= 0.3 is 6.18 Å². The van der Waals surface area contributed by atoms with E-state index in [2.05, 4.69) is 9.97 Å². The number of nitrogens with one attached hydrogen (secondary N) is 1. The number of nitrogens with zero attached hydrogens (tertiary/aromatic N) is 3. The van der Waals surface area contributed by atoms with Gasteiger partial charge in [0.05, 0.1) is 16.6 Å². The van der Waals surface area contributed by atoms with Gasteiger partial charge in [0.1, 0.15) is 22.6 Å². The summed E-state index contributed by atoms with van der Waals surface area (Å²) in [4.78, 5) is 33.5. The molecule has 4 rings (SSSR count). The zero-order chi connectivity index (χ0) is 22.5. The van der Waals surface area contributed by atoms with Crippen LogP contribution in [0.4, 0.5) is 17.6 Å². The molecule has 1 aliphatic rings. The molecule has 0 saturated heterocycles. The van der Waals surface area contributed by atoms with Gasteiger partial charge in [-0.15, -0.1) is 0 Å². The van der Waals surface area contributed by atoms with Gasteiger partial charge in [-0.05, 0) is 37.0 Å². The summed E-state index contributed by atoms with van der Waals surface area (Å²) in [6, 6.07) is 1.45. The number of aromatic nitrogens is 3. The second-order valence-electron chi connectivity index (χ2n) is 7.04. The molecule has 0 aliphatic heterocycles. The third kappa shape index (κ3) is 4.22. The summed E-state index contributed by atoms with van der Waals surface area (Å²) < 4.78 is 54.5. The lowest BCUT2D eigenvalue weighted by Gasteiger charge is -2.21. The SMILES string of the molecule is O=C(N[C@H](C1CC1)C(F)(F)F)c1cn(-c2ncc(F)cc2Cl)c2nc(Cl)ccc2c1=O. The Balaban J connectivity index is 1.88. The Morgan fingerprint density at radius 2 is 1.97 bits per heavy atom. The third-order valence-corrected chi connectivity index (χ3v) is 5.30. The molecule has 1 N–H and O–H groups in total. The van der Waals surface area contributed by atoms with Crippen molar-refractivity contribution >= 4 is 40.1 Å². The summed E-state index contributed by atoms with van der Waals surface area (Å²) in [7, 11) is 0. The van der Waals surface area contributed by atoms with Crippen LogP contribution in [0, 0.1) is 11.7 Å². The largest absolute Gasteiger partial charge is 0.408 e. The second-order valence-corrected chi connectivity index (χ2v) is 7.83. The van der Waals surface area contributed by atoms with Crippen molar-refractivity contribution in [2.45, 2.75) is 25.1 Å². The molecule has 12 heteroatoms. The monoisotopic (exact) mass is 474 g/mol. The van der Waals surface area contributed by atoms with E-state index in [0.29, 0.717) is 12.8 Å². The lowest BCUT2D eigenvalue weighted by Crippen LogP contribution is -2.48. The highest BCUT2D eigenvalue weighted by atomic mass is 35.5. The average Bonchev–Trinajstić information content (AvgIpc) is 3.51. The molecule has 3 aromatic heterocycles. The van der Waals surface area contributed by atoms with Gasteiger partial charge < -0.3 is 5.32 Å². The quantitative estimate of drug-likeness (QED) is 0.451. The molecule has 1 saturated carbocycles. The molecule has 1 atom stereocenters. The van der Waals surface area contributed by atoms with E-state index in [4.69, 9.17) is 23.2 Å². The number of hydrogen-bond donors (Lipinski definition) is 1. The van der Waals surface area contributed by atoms with Crippen molar-refractivity contribution in [3.63, 3.8) is 0 Å². The fourth-order valence-corrected chi connectivity index (χ4v) is 3.59. The number of carbonyl (C=O) groups excluding carboxylic acids is 1. The summed E-state index contributed by atoms with van der Waals surface area (Å²) in [5, 5.41) is 1.64. The van der Waals surface area contributed by atoms with Crippen LogP contribution in [0.3, 0.4) is 0 Å². The molecule has 1 fully saturated rings. The Morgan fingerprint density at radius 3 is 2.58 bits per heavy atom. The van der Waals surface area contributed by atoms with Gasteiger partial charge in [0.15, 0.2) is 11.5 Å². The fourth-order valence-electron chi connectivity index (χ4n) is 3.20. The molecule has 0 aromatic carbocycles. The lowest BCUT2D eigenvalue weighted by molar-refractivity contribution is -0.158. The first-order valence-corrected chi connectivity index (χ1v) is 9.73. The third-order valence-electron chi connectivity index (χ3n) is 4.81. The van der Waals surface area contributed by atoms with Crippen molar-refractivity contribution in [1.29, 1.82) is 0 Å². The van der Waals surface area contributed by atoms with Gasteiger partial charge in [0.25, 0.3) is 5.91 Å². The topological polar surface area (TPSA) is 76.9 Å². The highest BCUT2D eigenvalue weighted by Gasteiger charge is 2.49. The van der Waals surface area contributed by atoms with E-state index in [0.717, 1.165) is 23.0 Å². The summed E-state index contributed by atoms with van der Waals surface area (Å²) in [5.41, 5.74) is -1.47. The van der Waals surface area contributed by atoms with E-state index < -0.39 is 40.9 Å². The minimum Gasteiger partial charge on any atom is -0.340 e. The Bertz CT molecular complexity index is 1260. The fraction of sp³-hybridized carbons (Fsp3) is 0.263. The second kappa shape index (κ2) is 7.76. The van der Waals surface area contributed by atoms with Gasteiger partial charge in [-0.2, -0.15) is 13.2 Å². The highest BCUT2D eigenvalue weighted by molar-refractivity contribution is 6.32. The molecule has 3 aromatic rings. The zero-order valence-electron chi connectivity index (χ0n) is 15.4. The van der Waals surface area contributed by atoms with Gasteiger partial charge in [0.2, 0.25) is 5.43 Å². The maximum atomic E-state index is 13.4. The van der Waals surface area contributed by atoms with Crippen LogP contribution in [0.5, 0.6) is 0 Å². The Hall–Kier alpha value is -2.72. The molecule has 1 amide bonds. The molecule has 162 valence electrons. The van der Waals surface area contributed by atoms with E-state index in [1.54, 1.807) is 0 Å². The molecule has 6 nitrogen and oxygen atoms in total. The first-order valence-electron chi connectivity index (χ1n) is 8.97. The minimum atomic E-state index is -4.66. The van der Waals surface area contributed by atoms with Gasteiger partial charge in [0, 0.05) is 6.20 Å². The van der Waals surface area contributed by atoms with Crippen molar-refractivity contribution in [2.24, 2.45) is 5.92 Å². The Morgan fingerprint density at radius 1 is 1.26 bits per heavy atom. The van der Waals surface area contributed by atoms with Crippen LogP contribution in [0.2, 0.25) is 10.2 Å². The van der Waals surface area contributed by atoms with Crippen LogP contribution in [0.1, 0.15) is 23.2 Å². The van der Waals surface area contributed by atoms with Crippen molar-refractivity contribution in [2.75, 3.05) is 0 Å². The van der Waals surface area contributed by atoms with Crippen LogP contribution in [0.15, 0.2) is 35.4 Å². The smallest absolute Gasteiger partial charge is 0.340 e. The summed E-state index contributed by atoms with van der Waals surface area (Å²) in [5.74, 6) is -2.77. The number of carbonyl (C=O) groups is 1. The molecule has 0 unspecified atom stereocenters. The van der Waals surface area contributed by atoms with Crippen LogP contribution in [0.25, 0.3) is 16.9 Å². The number of amides is 1.